The third-order valence-electron chi connectivity index (χ3n) is 4.67. The Balaban J connectivity index is 1.92. The van der Waals surface area contributed by atoms with Crippen LogP contribution in [0.1, 0.15) is 32.4 Å². The quantitative estimate of drug-likeness (QED) is 0.729. The van der Waals surface area contributed by atoms with Gasteiger partial charge < -0.3 is 19.5 Å². The summed E-state index contributed by atoms with van der Waals surface area (Å²) < 4.78 is 13.0. The van der Waals surface area contributed by atoms with Gasteiger partial charge in [0.25, 0.3) is 0 Å². The number of aromatic nitrogens is 2. The van der Waals surface area contributed by atoms with Crippen LogP contribution in [-0.2, 0) is 16.0 Å². The van der Waals surface area contributed by atoms with Crippen molar-refractivity contribution < 1.29 is 19.4 Å². The van der Waals surface area contributed by atoms with E-state index in [1.807, 2.05) is 6.07 Å². The highest BCUT2D eigenvalue weighted by atomic mass is 35.5. The molecule has 1 aliphatic rings. The van der Waals surface area contributed by atoms with Crippen molar-refractivity contribution in [3.8, 4) is 5.88 Å². The number of carbonyl (C=O) groups is 1. The fourth-order valence-electron chi connectivity index (χ4n) is 3.41. The van der Waals surface area contributed by atoms with Gasteiger partial charge in [-0.15, -0.1) is 0 Å². The first kappa shape index (κ1) is 22.5. The standard InChI is InChI=1S/C20H25Cl2N3O5/c1-20(2,3)30-19(28)24-6-7-29-17(12-4-5-14(21)15(22)8-12)13(9-24)10-25-11-16(26)23-18(25)27/h4-5,8,11,13,17,26H,6-7,9-10H2,1-3H3,(H,23,27)/t13-,17-/m0/s1. The van der Waals surface area contributed by atoms with Gasteiger partial charge in [0.05, 0.1) is 29.0 Å². The van der Waals surface area contributed by atoms with Gasteiger partial charge in [-0.3, -0.25) is 9.55 Å². The Bertz CT molecular complexity index is 966. The maximum absolute atomic E-state index is 12.7. The molecule has 0 spiro atoms. The van der Waals surface area contributed by atoms with Crippen molar-refractivity contribution in [1.29, 1.82) is 0 Å². The largest absolute Gasteiger partial charge is 0.493 e. The first-order valence-corrected chi connectivity index (χ1v) is 10.3. The summed E-state index contributed by atoms with van der Waals surface area (Å²) in [5.74, 6) is -0.546. The lowest BCUT2D eigenvalue weighted by Gasteiger charge is -2.30. The Morgan fingerprint density at radius 2 is 2.07 bits per heavy atom. The molecule has 0 unspecified atom stereocenters. The Labute approximate surface area is 184 Å². The van der Waals surface area contributed by atoms with Crippen LogP contribution in [0.15, 0.2) is 29.2 Å². The predicted octanol–water partition coefficient (Wildman–Crippen LogP) is 3.81. The number of rotatable bonds is 3. The van der Waals surface area contributed by atoms with Gasteiger partial charge in [-0.2, -0.15) is 0 Å². The first-order chi connectivity index (χ1) is 14.0. The van der Waals surface area contributed by atoms with Crippen molar-refractivity contribution in [1.82, 2.24) is 14.5 Å². The van der Waals surface area contributed by atoms with Gasteiger partial charge in [0.1, 0.15) is 5.60 Å². The van der Waals surface area contributed by atoms with Gasteiger partial charge in [-0.05, 0) is 38.5 Å². The van der Waals surface area contributed by atoms with E-state index < -0.39 is 23.5 Å². The molecule has 0 radical (unpaired) electrons. The van der Waals surface area contributed by atoms with Gasteiger partial charge in [0, 0.05) is 25.6 Å². The predicted molar refractivity (Wildman–Crippen MR) is 113 cm³/mol. The number of benzene rings is 1. The normalized spacial score (nSPS) is 20.1. The van der Waals surface area contributed by atoms with E-state index >= 15 is 0 Å². The number of amides is 1. The number of halogens is 2. The maximum Gasteiger partial charge on any atom is 0.410 e. The number of H-pyrrole nitrogens is 1. The van der Waals surface area contributed by atoms with Crippen molar-refractivity contribution in [2.45, 2.75) is 39.0 Å². The summed E-state index contributed by atoms with van der Waals surface area (Å²) in [6.07, 6.45) is 0.419. The SMILES string of the molecule is CC(C)(C)OC(=O)N1CCO[C@@H](c2ccc(Cl)c(Cl)c2)[C@H](Cn2cc(O)[nH]c2=O)C1. The summed E-state index contributed by atoms with van der Waals surface area (Å²) in [5, 5.41) is 10.4. The van der Waals surface area contributed by atoms with E-state index in [-0.39, 0.29) is 31.5 Å². The van der Waals surface area contributed by atoms with E-state index in [0.717, 1.165) is 5.56 Å². The van der Waals surface area contributed by atoms with Crippen LogP contribution in [0.5, 0.6) is 5.88 Å². The van der Waals surface area contributed by atoms with Crippen LogP contribution in [0, 0.1) is 5.92 Å². The average molecular weight is 458 g/mol. The van der Waals surface area contributed by atoms with Crippen LogP contribution in [0.4, 0.5) is 4.79 Å². The summed E-state index contributed by atoms with van der Waals surface area (Å²) >= 11 is 12.2. The lowest BCUT2D eigenvalue weighted by atomic mass is 9.95. The first-order valence-electron chi connectivity index (χ1n) is 9.56. The number of nitrogens with one attached hydrogen (secondary N) is 1. The molecular weight excluding hydrogens is 433 g/mol. The zero-order valence-electron chi connectivity index (χ0n) is 17.0. The molecular formula is C20H25Cl2N3O5. The molecule has 3 rings (SSSR count). The van der Waals surface area contributed by atoms with E-state index in [2.05, 4.69) is 4.98 Å². The highest BCUT2D eigenvalue weighted by Gasteiger charge is 2.34. The molecule has 30 heavy (non-hydrogen) atoms. The molecule has 10 heteroatoms. The monoisotopic (exact) mass is 457 g/mol. The average Bonchev–Trinajstić information content (AvgIpc) is 2.83. The number of imidazole rings is 1. The Morgan fingerprint density at radius 3 is 2.67 bits per heavy atom. The minimum Gasteiger partial charge on any atom is -0.493 e. The highest BCUT2D eigenvalue weighted by Crippen LogP contribution is 2.34. The molecule has 8 nitrogen and oxygen atoms in total. The third-order valence-corrected chi connectivity index (χ3v) is 5.41. The summed E-state index contributed by atoms with van der Waals surface area (Å²) in [5.41, 5.74) is -0.298. The number of carbonyl (C=O) groups excluding carboxylic acids is 1. The van der Waals surface area contributed by atoms with E-state index in [4.69, 9.17) is 32.7 Å². The van der Waals surface area contributed by atoms with Gasteiger partial charge in [-0.1, -0.05) is 29.3 Å². The van der Waals surface area contributed by atoms with Gasteiger partial charge in [0.2, 0.25) is 5.88 Å². The maximum atomic E-state index is 12.7. The molecule has 2 heterocycles. The number of nitrogens with zero attached hydrogens (tertiary/aromatic N) is 2. The van der Waals surface area contributed by atoms with Gasteiger partial charge in [0.15, 0.2) is 0 Å². The van der Waals surface area contributed by atoms with Crippen LogP contribution in [-0.4, -0.2) is 50.9 Å². The fourth-order valence-corrected chi connectivity index (χ4v) is 3.71. The van der Waals surface area contributed by atoms with Crippen LogP contribution in [0.25, 0.3) is 0 Å². The number of aromatic amines is 1. The minimum absolute atomic E-state index is 0.208. The summed E-state index contributed by atoms with van der Waals surface area (Å²) in [4.78, 5) is 28.7. The Hall–Kier alpha value is -2.16. The topological polar surface area (TPSA) is 96.8 Å². The summed E-state index contributed by atoms with van der Waals surface area (Å²) in [7, 11) is 0. The van der Waals surface area contributed by atoms with Crippen molar-refractivity contribution in [3.63, 3.8) is 0 Å². The van der Waals surface area contributed by atoms with E-state index in [1.54, 1.807) is 37.8 Å². The molecule has 2 aromatic rings. The minimum atomic E-state index is -0.633. The molecule has 2 N–H and O–H groups in total. The molecule has 1 aromatic carbocycles. The zero-order chi connectivity index (χ0) is 22.1. The number of ether oxygens (including phenoxy) is 2. The van der Waals surface area contributed by atoms with Gasteiger partial charge in [-0.25, -0.2) is 9.59 Å². The molecule has 1 saturated heterocycles. The molecule has 0 bridgehead atoms. The van der Waals surface area contributed by atoms with Crippen molar-refractivity contribution >= 4 is 29.3 Å². The number of hydrogen-bond acceptors (Lipinski definition) is 5. The zero-order valence-corrected chi connectivity index (χ0v) is 18.5. The Morgan fingerprint density at radius 1 is 1.33 bits per heavy atom. The van der Waals surface area contributed by atoms with Crippen molar-refractivity contribution in [3.05, 3.63) is 50.5 Å². The number of hydrogen-bond donors (Lipinski definition) is 2. The van der Waals surface area contributed by atoms with Crippen LogP contribution < -0.4 is 5.69 Å². The lowest BCUT2D eigenvalue weighted by molar-refractivity contribution is 0.0231. The van der Waals surface area contributed by atoms with Crippen LogP contribution in [0.2, 0.25) is 10.0 Å². The molecule has 0 aliphatic carbocycles. The van der Waals surface area contributed by atoms with Crippen LogP contribution >= 0.6 is 23.2 Å². The second-order valence-electron chi connectivity index (χ2n) is 8.25. The lowest BCUT2D eigenvalue weighted by Crippen LogP contribution is -2.41. The molecule has 1 amide bonds. The van der Waals surface area contributed by atoms with E-state index in [1.165, 1.54) is 10.8 Å². The second-order valence-corrected chi connectivity index (χ2v) is 9.06. The van der Waals surface area contributed by atoms with Crippen molar-refractivity contribution in [2.24, 2.45) is 5.92 Å². The summed E-state index contributed by atoms with van der Waals surface area (Å²) in [6, 6.07) is 5.22. The molecule has 1 fully saturated rings. The molecule has 1 aliphatic heterocycles. The van der Waals surface area contributed by atoms with E-state index in [0.29, 0.717) is 16.6 Å². The Kier molecular flexibility index (Phi) is 6.69. The third kappa shape index (κ3) is 5.50. The molecule has 164 valence electrons. The highest BCUT2D eigenvalue weighted by molar-refractivity contribution is 6.42. The van der Waals surface area contributed by atoms with E-state index in [9.17, 15) is 14.7 Å². The van der Waals surface area contributed by atoms with Crippen LogP contribution in [0.3, 0.4) is 0 Å². The molecule has 1 aromatic heterocycles. The van der Waals surface area contributed by atoms with Crippen molar-refractivity contribution in [2.75, 3.05) is 19.7 Å². The second kappa shape index (κ2) is 8.91. The fraction of sp³-hybridized carbons (Fsp3) is 0.500. The van der Waals surface area contributed by atoms with Gasteiger partial charge >= 0.3 is 11.8 Å². The molecule has 2 atom stereocenters. The number of aromatic hydroxyl groups is 1. The smallest absolute Gasteiger partial charge is 0.410 e. The molecule has 0 saturated carbocycles. The summed E-state index contributed by atoms with van der Waals surface area (Å²) in [6.45, 7) is 6.54.